The number of allylic oxidation sites excluding steroid dienone is 1. The van der Waals surface area contributed by atoms with Crippen molar-refractivity contribution >= 4 is 5.97 Å². The standard InChI is InChI=1S/C10H12O4/c1-14-9(12)4-7-10(13)5-2-8(11)3-6-10/h2-5,7,11,13H,6H2,1H3/b7-4+. The van der Waals surface area contributed by atoms with Gasteiger partial charge in [0, 0.05) is 12.5 Å². The molecule has 1 aliphatic carbocycles. The lowest BCUT2D eigenvalue weighted by Gasteiger charge is -2.21. The highest BCUT2D eigenvalue weighted by atomic mass is 16.5. The van der Waals surface area contributed by atoms with Gasteiger partial charge in [0.25, 0.3) is 0 Å². The second-order valence-corrected chi connectivity index (χ2v) is 3.01. The Kier molecular flexibility index (Phi) is 3.09. The van der Waals surface area contributed by atoms with Crippen molar-refractivity contribution in [2.24, 2.45) is 0 Å². The SMILES string of the molecule is COC(=O)/C=C/C1(O)C=CC(O)=CC1. The van der Waals surface area contributed by atoms with Crippen molar-refractivity contribution in [3.05, 3.63) is 36.1 Å². The van der Waals surface area contributed by atoms with Crippen LogP contribution in [0.2, 0.25) is 0 Å². The summed E-state index contributed by atoms with van der Waals surface area (Å²) in [5.74, 6) is -0.410. The Balaban J connectivity index is 2.66. The highest BCUT2D eigenvalue weighted by Crippen LogP contribution is 2.21. The van der Waals surface area contributed by atoms with Crippen LogP contribution in [-0.2, 0) is 9.53 Å². The normalized spacial score (nSPS) is 26.3. The van der Waals surface area contributed by atoms with Crippen LogP contribution in [0, 0.1) is 0 Å². The molecule has 0 amide bonds. The van der Waals surface area contributed by atoms with Crippen LogP contribution in [-0.4, -0.2) is 28.9 Å². The summed E-state index contributed by atoms with van der Waals surface area (Å²) >= 11 is 0. The summed E-state index contributed by atoms with van der Waals surface area (Å²) in [6, 6.07) is 0. The molecule has 0 radical (unpaired) electrons. The van der Waals surface area contributed by atoms with Crippen molar-refractivity contribution in [3.8, 4) is 0 Å². The third-order valence-corrected chi connectivity index (χ3v) is 1.89. The molecule has 4 nitrogen and oxygen atoms in total. The van der Waals surface area contributed by atoms with E-state index in [-0.39, 0.29) is 12.2 Å². The third-order valence-electron chi connectivity index (χ3n) is 1.89. The molecule has 1 aliphatic rings. The van der Waals surface area contributed by atoms with Gasteiger partial charge in [0.05, 0.1) is 7.11 Å². The molecule has 1 atom stereocenters. The third kappa shape index (κ3) is 2.74. The Bertz CT molecular complexity index is 314. The van der Waals surface area contributed by atoms with Crippen LogP contribution in [0.3, 0.4) is 0 Å². The van der Waals surface area contributed by atoms with Crippen LogP contribution in [0.4, 0.5) is 0 Å². The highest BCUT2D eigenvalue weighted by Gasteiger charge is 2.21. The fourth-order valence-corrected chi connectivity index (χ4v) is 1.04. The predicted molar refractivity (Wildman–Crippen MR) is 50.6 cm³/mol. The Hall–Kier alpha value is -1.55. The van der Waals surface area contributed by atoms with Gasteiger partial charge in [0.1, 0.15) is 11.4 Å². The van der Waals surface area contributed by atoms with Gasteiger partial charge in [-0.1, -0.05) is 0 Å². The fourth-order valence-electron chi connectivity index (χ4n) is 1.04. The van der Waals surface area contributed by atoms with E-state index in [4.69, 9.17) is 5.11 Å². The van der Waals surface area contributed by atoms with Crippen LogP contribution >= 0.6 is 0 Å². The maximum Gasteiger partial charge on any atom is 0.330 e. The molecule has 4 heteroatoms. The van der Waals surface area contributed by atoms with Gasteiger partial charge in [-0.2, -0.15) is 0 Å². The lowest BCUT2D eigenvalue weighted by molar-refractivity contribution is -0.134. The molecule has 0 bridgehead atoms. The Labute approximate surface area is 81.8 Å². The fraction of sp³-hybridized carbons (Fsp3) is 0.300. The average Bonchev–Trinajstić information content (AvgIpc) is 2.20. The van der Waals surface area contributed by atoms with Gasteiger partial charge in [0.2, 0.25) is 0 Å². The summed E-state index contributed by atoms with van der Waals surface area (Å²) in [4.78, 5) is 10.8. The number of methoxy groups -OCH3 is 1. The molecule has 2 N–H and O–H groups in total. The van der Waals surface area contributed by atoms with E-state index in [1.165, 1.54) is 31.4 Å². The molecule has 0 aromatic rings. The van der Waals surface area contributed by atoms with Gasteiger partial charge in [-0.3, -0.25) is 0 Å². The van der Waals surface area contributed by atoms with Gasteiger partial charge in [-0.25, -0.2) is 4.79 Å². The number of aliphatic hydroxyl groups is 2. The molecule has 14 heavy (non-hydrogen) atoms. The number of ether oxygens (including phenoxy) is 1. The minimum atomic E-state index is -1.21. The van der Waals surface area contributed by atoms with Crippen molar-refractivity contribution in [1.29, 1.82) is 0 Å². The monoisotopic (exact) mass is 196 g/mol. The summed E-state index contributed by atoms with van der Waals surface area (Å²) in [6.07, 6.45) is 7.00. The first kappa shape index (κ1) is 10.5. The largest absolute Gasteiger partial charge is 0.508 e. The summed E-state index contributed by atoms with van der Waals surface area (Å²) in [7, 11) is 1.26. The highest BCUT2D eigenvalue weighted by molar-refractivity contribution is 5.82. The second kappa shape index (κ2) is 4.11. The first-order chi connectivity index (χ1) is 6.56. The quantitative estimate of drug-likeness (QED) is 0.507. The smallest absolute Gasteiger partial charge is 0.330 e. The number of hydrogen-bond donors (Lipinski definition) is 2. The number of rotatable bonds is 2. The molecule has 0 spiro atoms. The van der Waals surface area contributed by atoms with E-state index >= 15 is 0 Å². The van der Waals surface area contributed by atoms with Crippen molar-refractivity contribution < 1.29 is 19.7 Å². The number of hydrogen-bond acceptors (Lipinski definition) is 4. The van der Waals surface area contributed by atoms with Gasteiger partial charge < -0.3 is 14.9 Å². The van der Waals surface area contributed by atoms with Crippen LogP contribution < -0.4 is 0 Å². The molecule has 76 valence electrons. The van der Waals surface area contributed by atoms with Crippen molar-refractivity contribution in [2.75, 3.05) is 7.11 Å². The zero-order valence-electron chi connectivity index (χ0n) is 7.80. The van der Waals surface area contributed by atoms with Crippen LogP contribution in [0.1, 0.15) is 6.42 Å². The molecule has 1 unspecified atom stereocenters. The first-order valence-corrected chi connectivity index (χ1v) is 4.14. The van der Waals surface area contributed by atoms with Crippen molar-refractivity contribution in [3.63, 3.8) is 0 Å². The number of esters is 1. The number of aliphatic hydroxyl groups excluding tert-OH is 1. The molecule has 0 fully saturated rings. The molecule has 0 aromatic heterocycles. The zero-order valence-corrected chi connectivity index (χ0v) is 7.80. The minimum Gasteiger partial charge on any atom is -0.508 e. The summed E-state index contributed by atoms with van der Waals surface area (Å²) in [5, 5.41) is 18.8. The lowest BCUT2D eigenvalue weighted by atomic mass is 9.94. The van der Waals surface area contributed by atoms with Gasteiger partial charge in [-0.15, -0.1) is 0 Å². The number of carbonyl (C=O) groups is 1. The molecule has 0 aliphatic heterocycles. The topological polar surface area (TPSA) is 66.8 Å². The molecular formula is C10H12O4. The van der Waals surface area contributed by atoms with E-state index in [0.29, 0.717) is 0 Å². The van der Waals surface area contributed by atoms with Crippen molar-refractivity contribution in [1.82, 2.24) is 0 Å². The molecule has 0 saturated heterocycles. The minimum absolute atomic E-state index is 0.112. The van der Waals surface area contributed by atoms with E-state index < -0.39 is 11.6 Å². The first-order valence-electron chi connectivity index (χ1n) is 4.14. The van der Waals surface area contributed by atoms with E-state index in [1.54, 1.807) is 0 Å². The van der Waals surface area contributed by atoms with Crippen LogP contribution in [0.25, 0.3) is 0 Å². The van der Waals surface area contributed by atoms with Gasteiger partial charge in [0.15, 0.2) is 0 Å². The Morgan fingerprint density at radius 3 is 2.93 bits per heavy atom. The molecule has 0 aromatic carbocycles. The van der Waals surface area contributed by atoms with Gasteiger partial charge >= 0.3 is 5.97 Å². The molecule has 0 saturated carbocycles. The maximum atomic E-state index is 10.8. The van der Waals surface area contributed by atoms with Crippen LogP contribution in [0.5, 0.6) is 0 Å². The maximum absolute atomic E-state index is 10.8. The predicted octanol–water partition coefficient (Wildman–Crippen LogP) is 0.848. The van der Waals surface area contributed by atoms with E-state index in [9.17, 15) is 9.90 Å². The molecular weight excluding hydrogens is 184 g/mol. The average molecular weight is 196 g/mol. The van der Waals surface area contributed by atoms with Crippen molar-refractivity contribution in [2.45, 2.75) is 12.0 Å². The van der Waals surface area contributed by atoms with E-state index in [1.807, 2.05) is 0 Å². The number of carbonyl (C=O) groups excluding carboxylic acids is 1. The molecule has 1 rings (SSSR count). The summed E-state index contributed by atoms with van der Waals surface area (Å²) in [5.41, 5.74) is -1.21. The van der Waals surface area contributed by atoms with E-state index in [0.717, 1.165) is 6.08 Å². The van der Waals surface area contributed by atoms with Crippen LogP contribution in [0.15, 0.2) is 36.1 Å². The zero-order chi connectivity index (χ0) is 10.6. The second-order valence-electron chi connectivity index (χ2n) is 3.01. The van der Waals surface area contributed by atoms with E-state index in [2.05, 4.69) is 4.74 Å². The lowest BCUT2D eigenvalue weighted by Crippen LogP contribution is -2.24. The molecule has 0 heterocycles. The summed E-state index contributed by atoms with van der Waals surface area (Å²) in [6.45, 7) is 0. The Morgan fingerprint density at radius 2 is 2.43 bits per heavy atom. The Morgan fingerprint density at radius 1 is 1.71 bits per heavy atom. The summed E-state index contributed by atoms with van der Waals surface area (Å²) < 4.78 is 4.38. The van der Waals surface area contributed by atoms with Gasteiger partial charge in [-0.05, 0) is 24.3 Å².